The number of carbonyl (C=O) groups is 1. The zero-order valence-corrected chi connectivity index (χ0v) is 23.7. The summed E-state index contributed by atoms with van der Waals surface area (Å²) in [6.45, 7) is 1.16. The summed E-state index contributed by atoms with van der Waals surface area (Å²) >= 11 is 6.02. The molecular weight excluding hydrogens is 581 g/mol. The van der Waals surface area contributed by atoms with E-state index in [2.05, 4.69) is 15.0 Å². The summed E-state index contributed by atoms with van der Waals surface area (Å²) in [5.41, 5.74) is 6.92. The third kappa shape index (κ3) is 8.28. The first-order valence-corrected chi connectivity index (χ1v) is 14.2. The molecule has 1 unspecified atom stereocenters. The van der Waals surface area contributed by atoms with E-state index >= 15 is 0 Å². The number of nitrogens with one attached hydrogen (secondary N) is 1. The molecule has 0 amide bonds. The van der Waals surface area contributed by atoms with Gasteiger partial charge in [0.1, 0.15) is 17.8 Å². The second kappa shape index (κ2) is 13.6. The molecule has 4 rings (SSSR count). The van der Waals surface area contributed by atoms with Gasteiger partial charge in [-0.2, -0.15) is 4.98 Å². The molecule has 0 spiro atoms. The minimum absolute atomic E-state index is 0.0213. The van der Waals surface area contributed by atoms with Crippen LogP contribution in [0.3, 0.4) is 0 Å². The summed E-state index contributed by atoms with van der Waals surface area (Å²) in [4.78, 5) is 34.6. The molecule has 0 aliphatic heterocycles. The summed E-state index contributed by atoms with van der Waals surface area (Å²) in [7, 11) is -2.43. The Kier molecular flexibility index (Phi) is 9.97. The molecule has 0 bridgehead atoms. The van der Waals surface area contributed by atoms with Gasteiger partial charge in [0.05, 0.1) is 26.7 Å². The smallest absolute Gasteiger partial charge is 0.496 e. The summed E-state index contributed by atoms with van der Waals surface area (Å²) in [6, 6.07) is 11.5. The van der Waals surface area contributed by atoms with Crippen molar-refractivity contribution in [3.63, 3.8) is 0 Å². The van der Waals surface area contributed by atoms with Crippen molar-refractivity contribution in [3.8, 4) is 11.5 Å². The minimum atomic E-state index is -3.96. The van der Waals surface area contributed by atoms with E-state index in [1.807, 2.05) is 0 Å². The van der Waals surface area contributed by atoms with Gasteiger partial charge in [-0.25, -0.2) is 9.78 Å². The van der Waals surface area contributed by atoms with Crippen LogP contribution in [0, 0.1) is 6.92 Å². The van der Waals surface area contributed by atoms with Gasteiger partial charge in [-0.1, -0.05) is 23.7 Å². The van der Waals surface area contributed by atoms with Crippen molar-refractivity contribution in [2.24, 2.45) is 0 Å². The van der Waals surface area contributed by atoms with Gasteiger partial charge in [-0.3, -0.25) is 18.9 Å². The van der Waals surface area contributed by atoms with Crippen molar-refractivity contribution in [3.05, 3.63) is 75.3 Å². The van der Waals surface area contributed by atoms with Crippen molar-refractivity contribution in [2.75, 3.05) is 32.6 Å². The molecule has 1 atom stereocenters. The number of H-pyrrole nitrogens is 1. The normalized spacial score (nSPS) is 12.7. The molecule has 0 saturated heterocycles. The van der Waals surface area contributed by atoms with Crippen LogP contribution in [0.1, 0.15) is 11.1 Å². The summed E-state index contributed by atoms with van der Waals surface area (Å²) in [5, 5.41) is 0.471. The number of carbonyl (C=O) groups excluding carboxylic acids is 1. The van der Waals surface area contributed by atoms with Gasteiger partial charge >= 0.3 is 13.8 Å². The van der Waals surface area contributed by atoms with E-state index < -0.39 is 32.5 Å². The van der Waals surface area contributed by atoms with Crippen molar-refractivity contribution in [2.45, 2.75) is 20.1 Å². The lowest BCUT2D eigenvalue weighted by molar-refractivity contribution is 0.0154. The number of nitrogens with zero attached hydrogens (tertiary/aromatic N) is 3. The van der Waals surface area contributed by atoms with Crippen LogP contribution in [-0.4, -0.2) is 52.5 Å². The van der Waals surface area contributed by atoms with Gasteiger partial charge in [0.15, 0.2) is 11.2 Å². The quantitative estimate of drug-likeness (QED) is 0.0726. The Morgan fingerprint density at radius 1 is 1.20 bits per heavy atom. The summed E-state index contributed by atoms with van der Waals surface area (Å²) < 4.78 is 46.7. The van der Waals surface area contributed by atoms with E-state index in [1.54, 1.807) is 47.9 Å². The van der Waals surface area contributed by atoms with Crippen molar-refractivity contribution in [1.29, 1.82) is 0 Å². The van der Waals surface area contributed by atoms with Gasteiger partial charge < -0.3 is 33.8 Å². The number of aromatic nitrogens is 4. The lowest BCUT2D eigenvalue weighted by Gasteiger charge is -2.19. The molecule has 0 saturated carbocycles. The number of ether oxygens (including phenoxy) is 4. The fourth-order valence-electron chi connectivity index (χ4n) is 3.58. The number of imidazole rings is 1. The molecule has 41 heavy (non-hydrogen) atoms. The molecule has 0 aliphatic rings. The van der Waals surface area contributed by atoms with Gasteiger partial charge in [-0.15, -0.1) is 0 Å². The number of nitrogen functional groups attached to an aromatic ring is 1. The van der Waals surface area contributed by atoms with E-state index in [1.165, 1.54) is 19.5 Å². The molecule has 2 aromatic carbocycles. The van der Waals surface area contributed by atoms with E-state index in [0.29, 0.717) is 16.3 Å². The number of rotatable bonds is 13. The predicted octanol–water partition coefficient (Wildman–Crippen LogP) is 4.25. The first-order valence-electron chi connectivity index (χ1n) is 12.1. The molecule has 218 valence electrons. The fourth-order valence-corrected chi connectivity index (χ4v) is 4.93. The summed E-state index contributed by atoms with van der Waals surface area (Å²) in [5.74, 6) is 0.794. The molecule has 3 N–H and O–H groups in total. The van der Waals surface area contributed by atoms with Crippen LogP contribution < -0.4 is 20.8 Å². The van der Waals surface area contributed by atoms with Gasteiger partial charge in [0.25, 0.3) is 5.56 Å². The summed E-state index contributed by atoms with van der Waals surface area (Å²) in [6.07, 6.45) is -0.150. The lowest BCUT2D eigenvalue weighted by Crippen LogP contribution is -2.15. The molecule has 16 heteroatoms. The lowest BCUT2D eigenvalue weighted by atomic mass is 10.2. The standard InChI is InChI=1S/C25H27ClN5O9P/c1-16-10-19(6-7-20(16)35-2)40-25(33)37-14-39-41(34,38-12-17-4-3-5-18(26)11-17)15-36-9-8-31-13-28-21-22(31)29-24(27)30-23(21)32/h3-7,10-11,13H,8-9,12,14-15H2,1-2H3,(H3,27,29,30,32). The Morgan fingerprint density at radius 3 is 2.78 bits per heavy atom. The molecule has 2 heterocycles. The Balaban J connectivity index is 1.34. The van der Waals surface area contributed by atoms with E-state index in [-0.39, 0.29) is 42.6 Å². The number of aryl methyl sites for hydroxylation is 1. The number of aromatic amines is 1. The Bertz CT molecular complexity index is 1630. The first-order chi connectivity index (χ1) is 19.7. The zero-order chi connectivity index (χ0) is 29.4. The van der Waals surface area contributed by atoms with Crippen molar-refractivity contribution >= 4 is 42.5 Å². The minimum Gasteiger partial charge on any atom is -0.496 e. The molecule has 0 radical (unpaired) electrons. The second-order valence-corrected chi connectivity index (χ2v) is 10.9. The highest BCUT2D eigenvalue weighted by Crippen LogP contribution is 2.49. The van der Waals surface area contributed by atoms with Crippen LogP contribution in [-0.2, 0) is 36.2 Å². The topological polar surface area (TPSA) is 179 Å². The average molecular weight is 608 g/mol. The SMILES string of the molecule is COc1ccc(OC(=O)OCOP(=O)(COCCn2cnc3c(=O)[nH]c(N)nc32)OCc2cccc(Cl)c2)cc1C. The predicted molar refractivity (Wildman–Crippen MR) is 148 cm³/mol. The number of nitrogens with two attached hydrogens (primary N) is 1. The number of hydrogen-bond acceptors (Lipinski definition) is 12. The Labute approximate surface area is 238 Å². The second-order valence-electron chi connectivity index (χ2n) is 8.49. The van der Waals surface area contributed by atoms with E-state index in [4.69, 9.17) is 45.3 Å². The highest BCUT2D eigenvalue weighted by Gasteiger charge is 2.27. The number of fused-ring (bicyclic) bond motifs is 1. The number of hydrogen-bond donors (Lipinski definition) is 2. The number of benzene rings is 2. The third-order valence-electron chi connectivity index (χ3n) is 5.53. The Hall–Kier alpha value is -3.94. The van der Waals surface area contributed by atoms with E-state index in [0.717, 1.165) is 5.56 Å². The van der Waals surface area contributed by atoms with Crippen LogP contribution in [0.2, 0.25) is 5.02 Å². The molecule has 14 nitrogen and oxygen atoms in total. The monoisotopic (exact) mass is 607 g/mol. The number of methoxy groups -OCH3 is 1. The van der Waals surface area contributed by atoms with E-state index in [9.17, 15) is 14.2 Å². The highest BCUT2D eigenvalue weighted by atomic mass is 35.5. The third-order valence-corrected chi connectivity index (χ3v) is 7.28. The maximum absolute atomic E-state index is 13.4. The van der Waals surface area contributed by atoms with Crippen LogP contribution in [0.25, 0.3) is 11.2 Å². The molecule has 4 aromatic rings. The largest absolute Gasteiger partial charge is 0.515 e. The van der Waals surface area contributed by atoms with Gasteiger partial charge in [-0.05, 0) is 48.4 Å². The number of anilines is 1. The maximum atomic E-state index is 13.4. The van der Waals surface area contributed by atoms with Gasteiger partial charge in [0, 0.05) is 11.6 Å². The van der Waals surface area contributed by atoms with Gasteiger partial charge in [0.2, 0.25) is 12.7 Å². The van der Waals surface area contributed by atoms with Crippen molar-refractivity contribution in [1.82, 2.24) is 19.5 Å². The molecule has 0 aliphatic carbocycles. The Morgan fingerprint density at radius 2 is 2.02 bits per heavy atom. The molecule has 2 aromatic heterocycles. The van der Waals surface area contributed by atoms with Crippen LogP contribution >= 0.6 is 19.2 Å². The fraction of sp³-hybridized carbons (Fsp3) is 0.280. The highest BCUT2D eigenvalue weighted by molar-refractivity contribution is 7.53. The zero-order valence-electron chi connectivity index (χ0n) is 22.1. The number of halogens is 1. The van der Waals surface area contributed by atoms with Crippen LogP contribution in [0.4, 0.5) is 10.7 Å². The molecular formula is C25H27ClN5O9P. The van der Waals surface area contributed by atoms with Crippen LogP contribution in [0.15, 0.2) is 53.6 Å². The first kappa shape index (κ1) is 30.0. The van der Waals surface area contributed by atoms with Crippen molar-refractivity contribution < 1.29 is 37.4 Å². The van der Waals surface area contributed by atoms with Crippen LogP contribution in [0.5, 0.6) is 11.5 Å². The average Bonchev–Trinajstić information content (AvgIpc) is 3.33. The molecule has 0 fully saturated rings. The maximum Gasteiger partial charge on any atom is 0.515 e.